The number of esters is 2. The maximum absolute atomic E-state index is 12.5. The molecule has 0 spiro atoms. The highest BCUT2D eigenvalue weighted by molar-refractivity contribution is 5.92. The molecular formula is C23H29ClN2O5. The Hall–Kier alpha value is -2.90. The molecule has 0 fully saturated rings. The number of nitrogens with one attached hydrogen (secondary N) is 1. The summed E-state index contributed by atoms with van der Waals surface area (Å²) in [5, 5.41) is 2.60. The Morgan fingerprint density at radius 2 is 1.61 bits per heavy atom. The number of methoxy groups -OCH3 is 1. The number of carbonyl (C=O) groups is 3. The molecule has 0 aliphatic heterocycles. The van der Waals surface area contributed by atoms with Crippen LogP contribution in [0.3, 0.4) is 0 Å². The minimum Gasteiger partial charge on any atom is -0.465 e. The average molecular weight is 449 g/mol. The third-order valence-electron chi connectivity index (χ3n) is 5.14. The van der Waals surface area contributed by atoms with Gasteiger partial charge in [-0.15, -0.1) is 12.4 Å². The summed E-state index contributed by atoms with van der Waals surface area (Å²) in [5.74, 6) is -1.63. The normalized spacial score (nSPS) is 14.2. The second kappa shape index (κ2) is 11.5. The minimum atomic E-state index is -1.39. The Labute approximate surface area is 188 Å². The Kier molecular flexibility index (Phi) is 9.68. The van der Waals surface area contributed by atoms with Crippen molar-refractivity contribution in [1.29, 1.82) is 0 Å². The van der Waals surface area contributed by atoms with Crippen molar-refractivity contribution in [2.24, 2.45) is 5.73 Å². The number of hydrogen-bond donors (Lipinski definition) is 2. The van der Waals surface area contributed by atoms with Gasteiger partial charge in [-0.2, -0.15) is 0 Å². The van der Waals surface area contributed by atoms with Gasteiger partial charge in [0.2, 0.25) is 0 Å². The van der Waals surface area contributed by atoms with E-state index >= 15 is 0 Å². The van der Waals surface area contributed by atoms with Gasteiger partial charge in [0.05, 0.1) is 12.7 Å². The molecule has 0 saturated heterocycles. The van der Waals surface area contributed by atoms with Crippen LogP contribution >= 0.6 is 12.4 Å². The van der Waals surface area contributed by atoms with Crippen molar-refractivity contribution in [3.63, 3.8) is 0 Å². The highest BCUT2D eigenvalue weighted by atomic mass is 35.5. The quantitative estimate of drug-likeness (QED) is 0.495. The van der Waals surface area contributed by atoms with Crippen LogP contribution in [0.15, 0.2) is 54.6 Å². The van der Waals surface area contributed by atoms with Crippen molar-refractivity contribution in [2.45, 2.75) is 44.7 Å². The van der Waals surface area contributed by atoms with Crippen molar-refractivity contribution < 1.29 is 23.9 Å². The van der Waals surface area contributed by atoms with E-state index in [-0.39, 0.29) is 18.3 Å². The first kappa shape index (κ1) is 26.1. The lowest BCUT2D eigenvalue weighted by molar-refractivity contribution is -0.143. The van der Waals surface area contributed by atoms with E-state index in [1.54, 1.807) is 38.1 Å². The predicted octanol–water partition coefficient (Wildman–Crippen LogP) is 3.60. The van der Waals surface area contributed by atoms with Gasteiger partial charge in [-0.3, -0.25) is 0 Å². The van der Waals surface area contributed by atoms with Gasteiger partial charge in [0.1, 0.15) is 5.54 Å². The molecule has 3 atom stereocenters. The van der Waals surface area contributed by atoms with Gasteiger partial charge >= 0.3 is 18.0 Å². The molecule has 1 amide bonds. The minimum absolute atomic E-state index is 0. The zero-order valence-corrected chi connectivity index (χ0v) is 18.9. The Morgan fingerprint density at radius 3 is 2.23 bits per heavy atom. The zero-order chi connectivity index (χ0) is 22.3. The summed E-state index contributed by atoms with van der Waals surface area (Å²) in [6.45, 7) is 5.09. The summed E-state index contributed by atoms with van der Waals surface area (Å²) in [5.41, 5.74) is 6.81. The number of ether oxygens (including phenoxy) is 2. The molecule has 0 aromatic heterocycles. The molecule has 3 N–H and O–H groups in total. The first-order valence-corrected chi connectivity index (χ1v) is 9.69. The number of benzene rings is 2. The summed E-state index contributed by atoms with van der Waals surface area (Å²) in [4.78, 5) is 36.7. The Morgan fingerprint density at radius 1 is 1.03 bits per heavy atom. The molecular weight excluding hydrogens is 420 g/mol. The number of nitrogens with two attached hydrogens (primary N) is 1. The van der Waals surface area contributed by atoms with Crippen LogP contribution in [0.25, 0.3) is 0 Å². The molecule has 168 valence electrons. The van der Waals surface area contributed by atoms with E-state index in [0.717, 1.165) is 5.56 Å². The topological polar surface area (TPSA) is 108 Å². The van der Waals surface area contributed by atoms with Crippen LogP contribution in [0.4, 0.5) is 4.79 Å². The van der Waals surface area contributed by atoms with Crippen LogP contribution in [-0.4, -0.2) is 36.7 Å². The van der Waals surface area contributed by atoms with E-state index in [1.165, 1.54) is 14.0 Å². The largest absolute Gasteiger partial charge is 0.465 e. The molecule has 0 bridgehead atoms. The van der Waals surface area contributed by atoms with Crippen LogP contribution in [0.2, 0.25) is 0 Å². The molecule has 8 heteroatoms. The van der Waals surface area contributed by atoms with Gasteiger partial charge in [-0.05, 0) is 37.5 Å². The molecule has 7 nitrogen and oxygen atoms in total. The lowest BCUT2D eigenvalue weighted by atomic mass is 9.83. The second-order valence-corrected chi connectivity index (χ2v) is 7.49. The predicted molar refractivity (Wildman–Crippen MR) is 120 cm³/mol. The van der Waals surface area contributed by atoms with Crippen molar-refractivity contribution >= 4 is 30.4 Å². The highest BCUT2D eigenvalue weighted by Crippen LogP contribution is 2.27. The summed E-state index contributed by atoms with van der Waals surface area (Å²) in [7, 11) is 1.31. The molecule has 31 heavy (non-hydrogen) atoms. The summed E-state index contributed by atoms with van der Waals surface area (Å²) < 4.78 is 9.74. The number of alkyl carbamates (subject to hydrolysis) is 1. The third kappa shape index (κ3) is 6.80. The fourth-order valence-corrected chi connectivity index (χ4v) is 3.08. The van der Waals surface area contributed by atoms with Crippen molar-refractivity contribution in [3.05, 3.63) is 71.3 Å². The third-order valence-corrected chi connectivity index (χ3v) is 5.14. The monoisotopic (exact) mass is 448 g/mol. The Bertz CT molecular complexity index is 902. The summed E-state index contributed by atoms with van der Waals surface area (Å²) in [6, 6.07) is 15.9. The fraction of sp³-hybridized carbons (Fsp3) is 0.348. The van der Waals surface area contributed by atoms with E-state index in [1.807, 2.05) is 30.3 Å². The van der Waals surface area contributed by atoms with Crippen molar-refractivity contribution in [3.8, 4) is 0 Å². The van der Waals surface area contributed by atoms with Crippen molar-refractivity contribution in [2.75, 3.05) is 7.11 Å². The van der Waals surface area contributed by atoms with Crippen LogP contribution in [-0.2, 0) is 20.7 Å². The van der Waals surface area contributed by atoms with E-state index in [9.17, 15) is 14.4 Å². The number of rotatable bonds is 7. The van der Waals surface area contributed by atoms with Crippen LogP contribution in [0, 0.1) is 0 Å². The standard InChI is InChI=1S/C23H28N2O5.ClH/c1-15(14-18-12-8-9-13-19(18)20(26)29-4)25-22(28)30-21(27)23(3,24)16(2)17-10-6-5-7-11-17;/h5-13,15-16H,14,24H2,1-4H3,(H,25,28);1H/t15?,16?,23-;/m0./s1. The zero-order valence-electron chi connectivity index (χ0n) is 18.1. The number of hydrogen-bond acceptors (Lipinski definition) is 6. The van der Waals surface area contributed by atoms with Gasteiger partial charge < -0.3 is 20.5 Å². The second-order valence-electron chi connectivity index (χ2n) is 7.49. The van der Waals surface area contributed by atoms with Gasteiger partial charge in [-0.25, -0.2) is 14.4 Å². The van der Waals surface area contributed by atoms with Gasteiger partial charge in [0.25, 0.3) is 0 Å². The van der Waals surface area contributed by atoms with E-state index in [4.69, 9.17) is 15.2 Å². The first-order valence-electron chi connectivity index (χ1n) is 9.69. The first-order chi connectivity index (χ1) is 14.2. The van der Waals surface area contributed by atoms with Crippen molar-refractivity contribution in [1.82, 2.24) is 5.32 Å². The lowest BCUT2D eigenvalue weighted by Gasteiger charge is -2.29. The maximum Gasteiger partial charge on any atom is 0.415 e. The van der Waals surface area contributed by atoms with Gasteiger partial charge in [0.15, 0.2) is 0 Å². The number of halogens is 1. The molecule has 0 aliphatic rings. The van der Waals surface area contributed by atoms with Crippen LogP contribution in [0.5, 0.6) is 0 Å². The molecule has 0 saturated carbocycles. The van der Waals surface area contributed by atoms with Gasteiger partial charge in [-0.1, -0.05) is 55.5 Å². The molecule has 0 aliphatic carbocycles. The maximum atomic E-state index is 12.5. The van der Waals surface area contributed by atoms with Crippen LogP contribution < -0.4 is 11.1 Å². The summed E-state index contributed by atoms with van der Waals surface area (Å²) in [6.07, 6.45) is -0.533. The molecule has 0 heterocycles. The molecule has 2 aromatic rings. The molecule has 0 radical (unpaired) electrons. The van der Waals surface area contributed by atoms with E-state index in [0.29, 0.717) is 17.5 Å². The molecule has 2 rings (SSSR count). The van der Waals surface area contributed by atoms with Crippen LogP contribution in [0.1, 0.15) is 48.2 Å². The average Bonchev–Trinajstić information content (AvgIpc) is 2.73. The fourth-order valence-electron chi connectivity index (χ4n) is 3.08. The number of carbonyl (C=O) groups excluding carboxylic acids is 3. The Balaban J connectivity index is 0.00000480. The van der Waals surface area contributed by atoms with Gasteiger partial charge in [0, 0.05) is 12.0 Å². The SMILES string of the molecule is COC(=O)c1ccccc1CC(C)NC(=O)OC(=O)[C@@](C)(N)C(C)c1ccccc1.Cl. The number of amides is 1. The van der Waals surface area contributed by atoms with E-state index < -0.39 is 29.6 Å². The highest BCUT2D eigenvalue weighted by Gasteiger charge is 2.38. The smallest absolute Gasteiger partial charge is 0.415 e. The molecule has 2 unspecified atom stereocenters. The van der Waals surface area contributed by atoms with E-state index in [2.05, 4.69) is 5.32 Å². The molecule has 2 aromatic carbocycles. The lowest BCUT2D eigenvalue weighted by Crippen LogP contribution is -2.52. The summed E-state index contributed by atoms with van der Waals surface area (Å²) >= 11 is 0.